The Kier molecular flexibility index (Phi) is 4.15. The minimum Gasteiger partial charge on any atom is -0.405 e. The summed E-state index contributed by atoms with van der Waals surface area (Å²) in [6, 6.07) is 0. The van der Waals surface area contributed by atoms with Crippen molar-refractivity contribution in [3.05, 3.63) is 11.7 Å². The van der Waals surface area contributed by atoms with E-state index in [1.54, 1.807) is 0 Å². The number of hydrogen-bond acceptors (Lipinski definition) is 4. The van der Waals surface area contributed by atoms with Gasteiger partial charge in [-0.2, -0.15) is 0 Å². The largest absolute Gasteiger partial charge is 0.497 e. The molecule has 4 radical (unpaired) electrons. The molecular formula is C10H17B3N2O2. The molecule has 1 saturated heterocycles. The van der Waals surface area contributed by atoms with Crippen molar-refractivity contribution in [3.63, 3.8) is 0 Å². The SMILES string of the molecule is [B]C([B])N=CC(=CN)B1OC(C)(C)C(C)(C)O1. The maximum atomic E-state index is 5.81. The van der Waals surface area contributed by atoms with Crippen LogP contribution < -0.4 is 5.73 Å². The smallest absolute Gasteiger partial charge is 0.405 e. The van der Waals surface area contributed by atoms with E-state index >= 15 is 0 Å². The molecule has 88 valence electrons. The Morgan fingerprint density at radius 1 is 1.24 bits per heavy atom. The maximum Gasteiger partial charge on any atom is 0.497 e. The van der Waals surface area contributed by atoms with Gasteiger partial charge in [0.05, 0.1) is 26.9 Å². The molecule has 0 unspecified atom stereocenters. The molecule has 0 aliphatic carbocycles. The molecule has 1 aliphatic rings. The lowest BCUT2D eigenvalue weighted by atomic mass is 9.77. The summed E-state index contributed by atoms with van der Waals surface area (Å²) in [6.45, 7) is 7.86. The van der Waals surface area contributed by atoms with Gasteiger partial charge in [0.2, 0.25) is 0 Å². The van der Waals surface area contributed by atoms with Crippen molar-refractivity contribution in [1.29, 1.82) is 0 Å². The third-order valence-electron chi connectivity index (χ3n) is 3.11. The van der Waals surface area contributed by atoms with Gasteiger partial charge in [0.1, 0.15) is 0 Å². The van der Waals surface area contributed by atoms with Gasteiger partial charge in [0.15, 0.2) is 0 Å². The monoisotopic (exact) mass is 230 g/mol. The molecule has 0 aromatic heterocycles. The highest BCUT2D eigenvalue weighted by molar-refractivity contribution is 6.60. The van der Waals surface area contributed by atoms with Gasteiger partial charge in [-0.15, -0.1) is 0 Å². The van der Waals surface area contributed by atoms with E-state index in [0.29, 0.717) is 5.47 Å². The fourth-order valence-electron chi connectivity index (χ4n) is 1.33. The molecule has 7 heteroatoms. The minimum absolute atomic E-state index is 0.412. The Morgan fingerprint density at radius 2 is 1.71 bits per heavy atom. The zero-order valence-corrected chi connectivity index (χ0v) is 10.8. The minimum atomic E-state index is -0.771. The van der Waals surface area contributed by atoms with E-state index in [9.17, 15) is 0 Å². The first-order valence-electron chi connectivity index (χ1n) is 5.51. The van der Waals surface area contributed by atoms with Crippen LogP contribution in [0.1, 0.15) is 27.7 Å². The van der Waals surface area contributed by atoms with Crippen molar-refractivity contribution in [1.82, 2.24) is 0 Å². The van der Waals surface area contributed by atoms with Crippen LogP contribution in [0.3, 0.4) is 0 Å². The zero-order valence-electron chi connectivity index (χ0n) is 10.8. The summed E-state index contributed by atoms with van der Waals surface area (Å²) in [4.78, 5) is 3.86. The summed E-state index contributed by atoms with van der Waals surface area (Å²) in [5.41, 5.74) is 5.30. The second-order valence-electron chi connectivity index (χ2n) is 5.02. The lowest BCUT2D eigenvalue weighted by Crippen LogP contribution is -2.41. The molecule has 0 bridgehead atoms. The zero-order chi connectivity index (χ0) is 13.3. The second-order valence-corrected chi connectivity index (χ2v) is 5.02. The maximum absolute atomic E-state index is 5.81. The van der Waals surface area contributed by atoms with Gasteiger partial charge in [0.25, 0.3) is 0 Å². The highest BCUT2D eigenvalue weighted by atomic mass is 16.7. The molecule has 0 atom stereocenters. The van der Waals surface area contributed by atoms with E-state index in [4.69, 9.17) is 30.7 Å². The Labute approximate surface area is 106 Å². The van der Waals surface area contributed by atoms with E-state index in [2.05, 4.69) is 4.99 Å². The molecule has 4 nitrogen and oxygen atoms in total. The third kappa shape index (κ3) is 3.16. The lowest BCUT2D eigenvalue weighted by molar-refractivity contribution is 0.00578. The van der Waals surface area contributed by atoms with Crippen LogP contribution in [0.2, 0.25) is 0 Å². The number of allylic oxidation sites excluding steroid dienone is 1. The fourth-order valence-corrected chi connectivity index (χ4v) is 1.33. The fraction of sp³-hybridized carbons (Fsp3) is 0.700. The molecule has 0 aromatic rings. The molecule has 1 aliphatic heterocycles. The summed E-state index contributed by atoms with van der Waals surface area (Å²) in [5.74, 6) is -0.771. The van der Waals surface area contributed by atoms with Gasteiger partial charge in [-0.3, -0.25) is 0 Å². The number of aliphatic imine (C=N–C) groups is 1. The number of nitrogens with zero attached hydrogens (tertiary/aromatic N) is 1. The molecule has 2 N–H and O–H groups in total. The van der Waals surface area contributed by atoms with Crippen LogP contribution in [0.15, 0.2) is 16.7 Å². The molecule has 0 amide bonds. The van der Waals surface area contributed by atoms with Gasteiger partial charge in [0, 0.05) is 11.7 Å². The first kappa shape index (κ1) is 14.4. The van der Waals surface area contributed by atoms with Gasteiger partial charge >= 0.3 is 7.12 Å². The predicted molar refractivity (Wildman–Crippen MR) is 72.1 cm³/mol. The van der Waals surface area contributed by atoms with E-state index in [-0.39, 0.29) is 0 Å². The first-order chi connectivity index (χ1) is 7.69. The van der Waals surface area contributed by atoms with Crippen LogP contribution in [0.5, 0.6) is 0 Å². The van der Waals surface area contributed by atoms with Crippen molar-refractivity contribution in [2.24, 2.45) is 10.7 Å². The Bertz CT molecular complexity index is 324. The van der Waals surface area contributed by atoms with Crippen molar-refractivity contribution >= 4 is 29.0 Å². The normalized spacial score (nSPS) is 23.8. The predicted octanol–water partition coefficient (Wildman–Crippen LogP) is 0.152. The molecule has 0 saturated carbocycles. The summed E-state index contributed by atoms with van der Waals surface area (Å²) in [7, 11) is 10.1. The molecule has 1 fully saturated rings. The number of hydrogen-bond donors (Lipinski definition) is 1. The van der Waals surface area contributed by atoms with Gasteiger partial charge < -0.3 is 20.0 Å². The van der Waals surface area contributed by atoms with Gasteiger partial charge in [-0.25, -0.2) is 0 Å². The number of rotatable bonds is 3. The molecule has 0 spiro atoms. The third-order valence-corrected chi connectivity index (χ3v) is 3.11. The van der Waals surface area contributed by atoms with E-state index in [0.717, 1.165) is 0 Å². The van der Waals surface area contributed by atoms with Crippen LogP contribution in [-0.2, 0) is 9.31 Å². The van der Waals surface area contributed by atoms with E-state index in [1.165, 1.54) is 12.4 Å². The van der Waals surface area contributed by atoms with Crippen LogP contribution in [0.25, 0.3) is 0 Å². The number of nitrogens with two attached hydrogens (primary N) is 1. The summed E-state index contributed by atoms with van der Waals surface area (Å²) >= 11 is 0. The first-order valence-corrected chi connectivity index (χ1v) is 5.51. The van der Waals surface area contributed by atoms with Crippen molar-refractivity contribution in [2.75, 3.05) is 0 Å². The quantitative estimate of drug-likeness (QED) is 0.554. The van der Waals surface area contributed by atoms with Crippen molar-refractivity contribution in [3.8, 4) is 0 Å². The molecular weight excluding hydrogens is 213 g/mol. The van der Waals surface area contributed by atoms with Crippen LogP contribution in [0.4, 0.5) is 0 Å². The highest BCUT2D eigenvalue weighted by Gasteiger charge is 2.52. The van der Waals surface area contributed by atoms with Gasteiger partial charge in [-0.05, 0) is 39.7 Å². The lowest BCUT2D eigenvalue weighted by Gasteiger charge is -2.32. The van der Waals surface area contributed by atoms with Crippen molar-refractivity contribution < 1.29 is 9.31 Å². The van der Waals surface area contributed by atoms with Crippen LogP contribution in [0, 0.1) is 0 Å². The molecule has 17 heavy (non-hydrogen) atoms. The molecule has 1 rings (SSSR count). The van der Waals surface area contributed by atoms with E-state index < -0.39 is 24.2 Å². The molecule has 0 aromatic carbocycles. The second kappa shape index (κ2) is 4.90. The summed E-state index contributed by atoms with van der Waals surface area (Å²) in [5, 5.41) is 0. The Balaban J connectivity index is 2.82. The summed E-state index contributed by atoms with van der Waals surface area (Å²) in [6.07, 6.45) is 2.86. The Hall–Kier alpha value is -0.675. The standard InChI is InChI=1S/C10H17B3N2O2/c1-9(2)10(3,4)17-13(16-9)7(5-14)6-15-8(11)12/h5-6,8H,14H2,1-4H3. The van der Waals surface area contributed by atoms with Gasteiger partial charge in [-0.1, -0.05) is 0 Å². The highest BCUT2D eigenvalue weighted by Crippen LogP contribution is 2.38. The topological polar surface area (TPSA) is 56.8 Å². The summed E-state index contributed by atoms with van der Waals surface area (Å²) < 4.78 is 11.6. The average molecular weight is 230 g/mol. The van der Waals surface area contributed by atoms with Crippen LogP contribution in [-0.4, -0.2) is 46.1 Å². The Morgan fingerprint density at radius 3 is 2.06 bits per heavy atom. The van der Waals surface area contributed by atoms with E-state index in [1.807, 2.05) is 27.7 Å². The van der Waals surface area contributed by atoms with Crippen LogP contribution >= 0.6 is 0 Å². The molecule has 1 heterocycles. The van der Waals surface area contributed by atoms with Crippen molar-refractivity contribution in [2.45, 2.75) is 44.7 Å². The average Bonchev–Trinajstić information content (AvgIpc) is 2.36.